The summed E-state index contributed by atoms with van der Waals surface area (Å²) in [7, 11) is 0. The van der Waals surface area contributed by atoms with Crippen LogP contribution in [0, 0.1) is 11.6 Å². The molecular weight excluding hydrogens is 276 g/mol. The van der Waals surface area contributed by atoms with Crippen molar-refractivity contribution < 1.29 is 13.6 Å². The Labute approximate surface area is 123 Å². The molecule has 1 aliphatic rings. The molecule has 1 heterocycles. The van der Waals surface area contributed by atoms with Crippen molar-refractivity contribution in [1.29, 1.82) is 0 Å². The van der Waals surface area contributed by atoms with Crippen molar-refractivity contribution in [2.75, 3.05) is 31.5 Å². The number of likely N-dealkylation sites (N-methyl/N-ethyl adjacent to an activating group) is 1. The molecule has 1 aromatic rings. The van der Waals surface area contributed by atoms with Crippen molar-refractivity contribution in [2.24, 2.45) is 0 Å². The zero-order valence-corrected chi connectivity index (χ0v) is 12.2. The second-order valence-electron chi connectivity index (χ2n) is 5.22. The van der Waals surface area contributed by atoms with Gasteiger partial charge in [-0.1, -0.05) is 6.92 Å². The molecule has 1 aliphatic heterocycles. The maximum absolute atomic E-state index is 13.5. The Kier molecular flexibility index (Phi) is 5.64. The maximum Gasteiger partial charge on any atom is 0.238 e. The predicted octanol–water partition coefficient (Wildman–Crippen LogP) is 1.98. The number of nitrogens with one attached hydrogen (secondary N) is 2. The highest BCUT2D eigenvalue weighted by atomic mass is 19.1. The first-order chi connectivity index (χ1) is 10.1. The number of rotatable bonds is 5. The van der Waals surface area contributed by atoms with Crippen LogP contribution in [0.2, 0.25) is 0 Å². The topological polar surface area (TPSA) is 44.4 Å². The van der Waals surface area contributed by atoms with Crippen molar-refractivity contribution in [1.82, 2.24) is 10.2 Å². The van der Waals surface area contributed by atoms with Crippen LogP contribution < -0.4 is 10.6 Å². The number of carbonyl (C=O) groups excluding carboxylic acids is 1. The van der Waals surface area contributed by atoms with Gasteiger partial charge >= 0.3 is 0 Å². The Morgan fingerprint density at radius 2 is 2.10 bits per heavy atom. The zero-order chi connectivity index (χ0) is 15.2. The van der Waals surface area contributed by atoms with Gasteiger partial charge in [-0.2, -0.15) is 0 Å². The van der Waals surface area contributed by atoms with Gasteiger partial charge in [0.1, 0.15) is 11.6 Å². The lowest BCUT2D eigenvalue weighted by Gasteiger charge is -2.33. The average Bonchev–Trinajstić information content (AvgIpc) is 2.49. The molecule has 0 radical (unpaired) electrons. The fourth-order valence-corrected chi connectivity index (χ4v) is 2.64. The molecule has 0 aromatic heterocycles. The average molecular weight is 297 g/mol. The Balaban J connectivity index is 1.94. The molecule has 2 rings (SSSR count). The van der Waals surface area contributed by atoms with Gasteiger partial charge in [0.05, 0.1) is 12.2 Å². The highest BCUT2D eigenvalue weighted by molar-refractivity contribution is 5.92. The van der Waals surface area contributed by atoms with Gasteiger partial charge in [0.2, 0.25) is 5.91 Å². The number of halogens is 2. The zero-order valence-electron chi connectivity index (χ0n) is 12.2. The lowest BCUT2D eigenvalue weighted by Crippen LogP contribution is -2.46. The first-order valence-corrected chi connectivity index (χ1v) is 7.30. The van der Waals surface area contributed by atoms with Crippen LogP contribution in [0.5, 0.6) is 0 Å². The molecule has 0 spiro atoms. The van der Waals surface area contributed by atoms with Crippen molar-refractivity contribution >= 4 is 11.6 Å². The van der Waals surface area contributed by atoms with E-state index < -0.39 is 11.6 Å². The fourth-order valence-electron chi connectivity index (χ4n) is 2.64. The molecule has 1 aromatic carbocycles. The van der Waals surface area contributed by atoms with Gasteiger partial charge < -0.3 is 10.6 Å². The van der Waals surface area contributed by atoms with E-state index in [9.17, 15) is 13.6 Å². The number of hydrogen-bond donors (Lipinski definition) is 2. The molecule has 0 atom stereocenters. The molecule has 0 unspecified atom stereocenters. The maximum atomic E-state index is 13.5. The predicted molar refractivity (Wildman–Crippen MR) is 78.1 cm³/mol. The van der Waals surface area contributed by atoms with Crippen molar-refractivity contribution in [3.63, 3.8) is 0 Å². The largest absolute Gasteiger partial charge is 0.322 e. The number of hydrogen-bond acceptors (Lipinski definition) is 3. The highest BCUT2D eigenvalue weighted by Gasteiger charge is 2.22. The summed E-state index contributed by atoms with van der Waals surface area (Å²) in [4.78, 5) is 14.1. The van der Waals surface area contributed by atoms with Crippen LogP contribution in [0.25, 0.3) is 0 Å². The van der Waals surface area contributed by atoms with Gasteiger partial charge in [-0.15, -0.1) is 0 Å². The first kappa shape index (κ1) is 15.9. The summed E-state index contributed by atoms with van der Waals surface area (Å²) in [6.07, 6.45) is 1.99. The summed E-state index contributed by atoms with van der Waals surface area (Å²) >= 11 is 0. The first-order valence-electron chi connectivity index (χ1n) is 7.30. The minimum atomic E-state index is -0.630. The number of carbonyl (C=O) groups is 1. The Hall–Kier alpha value is -1.53. The summed E-state index contributed by atoms with van der Waals surface area (Å²) < 4.78 is 26.6. The number of amides is 1. The third kappa shape index (κ3) is 4.47. The lowest BCUT2D eigenvalue weighted by molar-refractivity contribution is -0.118. The van der Waals surface area contributed by atoms with E-state index in [2.05, 4.69) is 15.5 Å². The summed E-state index contributed by atoms with van der Waals surface area (Å²) in [5, 5.41) is 5.73. The molecule has 0 bridgehead atoms. The minimum absolute atomic E-state index is 0.110. The SMILES string of the molecule is CCN(CC(=O)Nc1cc(F)ccc1F)C1CCNCC1. The molecule has 0 saturated carbocycles. The van der Waals surface area contributed by atoms with E-state index in [0.29, 0.717) is 6.04 Å². The number of benzene rings is 1. The van der Waals surface area contributed by atoms with Crippen molar-refractivity contribution in [2.45, 2.75) is 25.8 Å². The molecule has 1 amide bonds. The summed E-state index contributed by atoms with van der Waals surface area (Å²) in [5.41, 5.74) is -0.110. The highest BCUT2D eigenvalue weighted by Crippen LogP contribution is 2.16. The van der Waals surface area contributed by atoms with Gasteiger partial charge in [0.25, 0.3) is 0 Å². The molecular formula is C15H21F2N3O. The van der Waals surface area contributed by atoms with Crippen molar-refractivity contribution in [3.05, 3.63) is 29.8 Å². The number of piperidine rings is 1. The molecule has 1 saturated heterocycles. The van der Waals surface area contributed by atoms with Crippen LogP contribution in [0.1, 0.15) is 19.8 Å². The van der Waals surface area contributed by atoms with Crippen LogP contribution in [0.15, 0.2) is 18.2 Å². The summed E-state index contributed by atoms with van der Waals surface area (Å²) in [6.45, 7) is 4.83. The van der Waals surface area contributed by atoms with Gasteiger partial charge in [0.15, 0.2) is 0 Å². The quantitative estimate of drug-likeness (QED) is 0.873. The third-order valence-electron chi connectivity index (χ3n) is 3.78. The molecule has 0 aliphatic carbocycles. The van der Waals surface area contributed by atoms with E-state index in [-0.39, 0.29) is 18.1 Å². The number of nitrogens with zero attached hydrogens (tertiary/aromatic N) is 1. The van der Waals surface area contributed by atoms with Crippen molar-refractivity contribution in [3.8, 4) is 0 Å². The second kappa shape index (κ2) is 7.47. The standard InChI is InChI=1S/C15H21F2N3O/c1-2-20(12-5-7-18-8-6-12)10-15(21)19-14-9-11(16)3-4-13(14)17/h3-4,9,12,18H,2,5-8,10H2,1H3,(H,19,21). The van der Waals surface area contributed by atoms with E-state index in [1.807, 2.05) is 6.92 Å². The van der Waals surface area contributed by atoms with Gasteiger partial charge in [0, 0.05) is 12.1 Å². The minimum Gasteiger partial charge on any atom is -0.322 e. The van der Waals surface area contributed by atoms with Crippen LogP contribution in [-0.4, -0.2) is 43.0 Å². The van der Waals surface area contributed by atoms with E-state index in [0.717, 1.165) is 50.7 Å². The van der Waals surface area contributed by atoms with E-state index in [1.54, 1.807) is 0 Å². The summed E-state index contributed by atoms with van der Waals surface area (Å²) in [6, 6.07) is 3.39. The molecule has 2 N–H and O–H groups in total. The Morgan fingerprint density at radius 1 is 1.38 bits per heavy atom. The monoisotopic (exact) mass is 297 g/mol. The smallest absolute Gasteiger partial charge is 0.238 e. The summed E-state index contributed by atoms with van der Waals surface area (Å²) in [5.74, 6) is -1.52. The van der Waals surface area contributed by atoms with Crippen LogP contribution >= 0.6 is 0 Å². The van der Waals surface area contributed by atoms with Crippen LogP contribution in [-0.2, 0) is 4.79 Å². The Bertz CT molecular complexity index is 490. The molecule has 1 fully saturated rings. The van der Waals surface area contributed by atoms with E-state index in [4.69, 9.17) is 0 Å². The normalized spacial score (nSPS) is 16.2. The second-order valence-corrected chi connectivity index (χ2v) is 5.22. The third-order valence-corrected chi connectivity index (χ3v) is 3.78. The van der Waals surface area contributed by atoms with Gasteiger partial charge in [-0.3, -0.25) is 9.69 Å². The Morgan fingerprint density at radius 3 is 2.76 bits per heavy atom. The molecule has 6 heteroatoms. The van der Waals surface area contributed by atoms with Crippen LogP contribution in [0.4, 0.5) is 14.5 Å². The van der Waals surface area contributed by atoms with E-state index in [1.165, 1.54) is 0 Å². The fraction of sp³-hybridized carbons (Fsp3) is 0.533. The van der Waals surface area contributed by atoms with Crippen LogP contribution in [0.3, 0.4) is 0 Å². The molecule has 4 nitrogen and oxygen atoms in total. The van der Waals surface area contributed by atoms with Gasteiger partial charge in [-0.25, -0.2) is 8.78 Å². The molecule has 116 valence electrons. The molecule has 21 heavy (non-hydrogen) atoms. The lowest BCUT2D eigenvalue weighted by atomic mass is 10.0. The van der Waals surface area contributed by atoms with Gasteiger partial charge in [-0.05, 0) is 44.6 Å². The number of anilines is 1. The van der Waals surface area contributed by atoms with E-state index >= 15 is 0 Å².